The van der Waals surface area contributed by atoms with Crippen molar-refractivity contribution >= 4 is 5.95 Å². The van der Waals surface area contributed by atoms with Crippen molar-refractivity contribution in [3.63, 3.8) is 0 Å². The van der Waals surface area contributed by atoms with Gasteiger partial charge in [-0.1, -0.05) is 30.3 Å². The van der Waals surface area contributed by atoms with Gasteiger partial charge in [-0.05, 0) is 37.3 Å². The highest BCUT2D eigenvalue weighted by atomic mass is 16.1. The molecule has 1 aliphatic heterocycles. The Morgan fingerprint density at radius 3 is 2.59 bits per heavy atom. The topological polar surface area (TPSA) is 63.9 Å². The standard InChI is InChI=1S/C21H21N5O/c27-19-13-18(17-7-11-22-15-23-17)24-20-25(19)12-10-21(8-4-9-21)26(20)14-16-5-2-1-3-6-16/h1-3,5-7,11,13,15H,4,8-10,12,14H2. The molecule has 3 aromatic rings. The highest BCUT2D eigenvalue weighted by Gasteiger charge is 2.46. The zero-order valence-corrected chi connectivity index (χ0v) is 15.1. The normalized spacial score (nSPS) is 17.4. The smallest absolute Gasteiger partial charge is 0.255 e. The molecule has 2 aliphatic rings. The molecule has 6 nitrogen and oxygen atoms in total. The highest BCUT2D eigenvalue weighted by Crippen LogP contribution is 2.46. The van der Waals surface area contributed by atoms with Crippen molar-refractivity contribution in [2.45, 2.75) is 44.3 Å². The van der Waals surface area contributed by atoms with E-state index in [2.05, 4.69) is 39.1 Å². The Hall–Kier alpha value is -3.02. The third-order valence-corrected chi connectivity index (χ3v) is 5.92. The van der Waals surface area contributed by atoms with E-state index >= 15 is 0 Å². The Morgan fingerprint density at radius 2 is 1.89 bits per heavy atom. The highest BCUT2D eigenvalue weighted by molar-refractivity contribution is 5.56. The zero-order chi connectivity index (χ0) is 18.3. The summed E-state index contributed by atoms with van der Waals surface area (Å²) in [5.41, 5.74) is 2.64. The number of anilines is 1. The van der Waals surface area contributed by atoms with Crippen LogP contribution in [0.15, 0.2) is 59.8 Å². The molecule has 1 saturated carbocycles. The molecule has 1 spiro atoms. The van der Waals surface area contributed by atoms with Crippen LogP contribution < -0.4 is 10.5 Å². The summed E-state index contributed by atoms with van der Waals surface area (Å²) in [6.45, 7) is 1.50. The van der Waals surface area contributed by atoms with Gasteiger partial charge in [-0.3, -0.25) is 9.36 Å². The molecular weight excluding hydrogens is 338 g/mol. The number of benzene rings is 1. The molecule has 1 fully saturated rings. The number of rotatable bonds is 3. The number of hydrogen-bond donors (Lipinski definition) is 0. The maximum Gasteiger partial charge on any atom is 0.255 e. The molecule has 1 aromatic carbocycles. The average Bonchev–Trinajstić information content (AvgIpc) is 2.68. The van der Waals surface area contributed by atoms with Crippen LogP contribution in [0.3, 0.4) is 0 Å². The molecule has 0 bridgehead atoms. The average molecular weight is 359 g/mol. The van der Waals surface area contributed by atoms with Crippen LogP contribution in [0, 0.1) is 0 Å². The quantitative estimate of drug-likeness (QED) is 0.719. The largest absolute Gasteiger partial charge is 0.332 e. The molecule has 1 aliphatic carbocycles. The molecule has 6 heteroatoms. The van der Waals surface area contributed by atoms with Gasteiger partial charge in [-0.15, -0.1) is 0 Å². The van der Waals surface area contributed by atoms with Crippen molar-refractivity contribution in [2.75, 3.05) is 4.90 Å². The lowest BCUT2D eigenvalue weighted by Gasteiger charge is -2.54. The molecule has 0 atom stereocenters. The molecule has 0 unspecified atom stereocenters. The van der Waals surface area contributed by atoms with Gasteiger partial charge < -0.3 is 4.90 Å². The Balaban J connectivity index is 1.63. The van der Waals surface area contributed by atoms with Gasteiger partial charge in [0.1, 0.15) is 6.33 Å². The summed E-state index contributed by atoms with van der Waals surface area (Å²) in [5, 5.41) is 0. The zero-order valence-electron chi connectivity index (χ0n) is 15.1. The Bertz CT molecular complexity index is 1010. The minimum Gasteiger partial charge on any atom is -0.332 e. The molecule has 0 N–H and O–H groups in total. The van der Waals surface area contributed by atoms with Gasteiger partial charge in [-0.2, -0.15) is 0 Å². The van der Waals surface area contributed by atoms with Crippen LogP contribution in [0.4, 0.5) is 5.95 Å². The summed E-state index contributed by atoms with van der Waals surface area (Å²) in [7, 11) is 0. The van der Waals surface area contributed by atoms with E-state index in [4.69, 9.17) is 4.98 Å². The first-order valence-corrected chi connectivity index (χ1v) is 9.45. The Labute approximate surface area is 157 Å². The summed E-state index contributed by atoms with van der Waals surface area (Å²) in [5.74, 6) is 0.769. The first-order valence-electron chi connectivity index (χ1n) is 9.45. The van der Waals surface area contributed by atoms with E-state index < -0.39 is 0 Å². The predicted octanol–water partition coefficient (Wildman–Crippen LogP) is 3.03. The van der Waals surface area contributed by atoms with E-state index in [1.54, 1.807) is 18.3 Å². The lowest BCUT2D eigenvalue weighted by Crippen LogP contribution is -2.58. The van der Waals surface area contributed by atoms with Gasteiger partial charge in [0.2, 0.25) is 5.95 Å². The first-order chi connectivity index (χ1) is 13.3. The fraction of sp³-hybridized carbons (Fsp3) is 0.333. The first kappa shape index (κ1) is 16.2. The predicted molar refractivity (Wildman–Crippen MR) is 103 cm³/mol. The van der Waals surface area contributed by atoms with Crippen LogP contribution in [0.5, 0.6) is 0 Å². The van der Waals surface area contributed by atoms with Crippen LogP contribution in [-0.2, 0) is 13.1 Å². The van der Waals surface area contributed by atoms with Crippen molar-refractivity contribution < 1.29 is 0 Å². The number of hydrogen-bond acceptors (Lipinski definition) is 5. The maximum absolute atomic E-state index is 12.8. The van der Waals surface area contributed by atoms with Crippen molar-refractivity contribution in [3.8, 4) is 11.4 Å². The van der Waals surface area contributed by atoms with Gasteiger partial charge in [0, 0.05) is 30.9 Å². The van der Waals surface area contributed by atoms with Gasteiger partial charge in [-0.25, -0.2) is 15.0 Å². The van der Waals surface area contributed by atoms with E-state index in [1.807, 2.05) is 10.6 Å². The summed E-state index contributed by atoms with van der Waals surface area (Å²) < 4.78 is 1.82. The summed E-state index contributed by atoms with van der Waals surface area (Å²) in [6, 6.07) is 13.8. The van der Waals surface area contributed by atoms with Crippen molar-refractivity contribution in [1.82, 2.24) is 19.5 Å². The van der Waals surface area contributed by atoms with Gasteiger partial charge in [0.25, 0.3) is 5.56 Å². The Kier molecular flexibility index (Phi) is 3.77. The molecule has 136 valence electrons. The summed E-state index contributed by atoms with van der Waals surface area (Å²) >= 11 is 0. The summed E-state index contributed by atoms with van der Waals surface area (Å²) in [6.07, 6.45) is 7.72. The number of nitrogens with zero attached hydrogens (tertiary/aromatic N) is 5. The SMILES string of the molecule is O=c1cc(-c2ccncn2)nc2n1CCC1(CCC1)N2Cc1ccccc1. The second-order valence-corrected chi connectivity index (χ2v) is 7.43. The second-order valence-electron chi connectivity index (χ2n) is 7.43. The third-order valence-electron chi connectivity index (χ3n) is 5.92. The molecule has 3 heterocycles. The molecule has 0 radical (unpaired) electrons. The van der Waals surface area contributed by atoms with Crippen molar-refractivity contribution in [3.05, 3.63) is 70.9 Å². The van der Waals surface area contributed by atoms with E-state index in [0.29, 0.717) is 11.4 Å². The van der Waals surface area contributed by atoms with Crippen LogP contribution >= 0.6 is 0 Å². The second kappa shape index (κ2) is 6.30. The molecule has 2 aromatic heterocycles. The maximum atomic E-state index is 12.8. The summed E-state index contributed by atoms with van der Waals surface area (Å²) in [4.78, 5) is 28.3. The fourth-order valence-electron chi connectivity index (χ4n) is 4.26. The lowest BCUT2D eigenvalue weighted by atomic mass is 9.72. The molecule has 0 saturated heterocycles. The van der Waals surface area contributed by atoms with E-state index in [0.717, 1.165) is 38.3 Å². The third kappa shape index (κ3) is 2.72. The lowest BCUT2D eigenvalue weighted by molar-refractivity contribution is 0.177. The monoisotopic (exact) mass is 359 g/mol. The van der Waals surface area contributed by atoms with E-state index in [9.17, 15) is 4.79 Å². The minimum atomic E-state index is -0.0131. The number of aromatic nitrogens is 4. The minimum absolute atomic E-state index is 0.0131. The molecule has 0 amide bonds. The molecule has 5 rings (SSSR count). The van der Waals surface area contributed by atoms with Crippen molar-refractivity contribution in [2.24, 2.45) is 0 Å². The molecular formula is C21H21N5O. The Morgan fingerprint density at radius 1 is 1.04 bits per heavy atom. The van der Waals surface area contributed by atoms with E-state index in [-0.39, 0.29) is 11.1 Å². The van der Waals surface area contributed by atoms with Crippen LogP contribution in [-0.4, -0.2) is 25.1 Å². The fourth-order valence-corrected chi connectivity index (χ4v) is 4.26. The van der Waals surface area contributed by atoms with Crippen LogP contribution in [0.25, 0.3) is 11.4 Å². The van der Waals surface area contributed by atoms with E-state index in [1.165, 1.54) is 18.3 Å². The number of fused-ring (bicyclic) bond motifs is 1. The van der Waals surface area contributed by atoms with Crippen LogP contribution in [0.1, 0.15) is 31.2 Å². The van der Waals surface area contributed by atoms with Gasteiger partial charge in [0.15, 0.2) is 0 Å². The van der Waals surface area contributed by atoms with Gasteiger partial charge in [0.05, 0.1) is 11.4 Å². The van der Waals surface area contributed by atoms with Crippen LogP contribution in [0.2, 0.25) is 0 Å². The molecule has 27 heavy (non-hydrogen) atoms. The van der Waals surface area contributed by atoms with Crippen molar-refractivity contribution in [1.29, 1.82) is 0 Å². The van der Waals surface area contributed by atoms with Gasteiger partial charge >= 0.3 is 0 Å².